The van der Waals surface area contributed by atoms with Gasteiger partial charge in [0.25, 0.3) is 5.91 Å². The van der Waals surface area contributed by atoms with Crippen molar-refractivity contribution in [2.45, 2.75) is 57.6 Å². The van der Waals surface area contributed by atoms with Gasteiger partial charge in [0.2, 0.25) is 0 Å². The van der Waals surface area contributed by atoms with Gasteiger partial charge in [-0.25, -0.2) is 0 Å². The number of hydrogen-bond acceptors (Lipinski definition) is 4. The molecule has 2 atom stereocenters. The van der Waals surface area contributed by atoms with Crippen LogP contribution in [0.5, 0.6) is 5.75 Å². The summed E-state index contributed by atoms with van der Waals surface area (Å²) >= 11 is 0. The van der Waals surface area contributed by atoms with Gasteiger partial charge < -0.3 is 20.9 Å². The van der Waals surface area contributed by atoms with E-state index in [0.29, 0.717) is 23.8 Å². The second-order valence-corrected chi connectivity index (χ2v) is 6.52. The summed E-state index contributed by atoms with van der Waals surface area (Å²) < 4.78 is 5.24. The fourth-order valence-electron chi connectivity index (χ4n) is 3.25. The van der Waals surface area contributed by atoms with Crippen molar-refractivity contribution in [3.05, 3.63) is 23.8 Å². The van der Waals surface area contributed by atoms with E-state index in [1.165, 1.54) is 19.3 Å². The average molecular weight is 357 g/mol. The maximum Gasteiger partial charge on any atom is 0.254 e. The zero-order chi connectivity index (χ0) is 16.8. The Morgan fingerprint density at radius 2 is 2.04 bits per heavy atom. The highest BCUT2D eigenvalue weighted by Gasteiger charge is 2.26. The van der Waals surface area contributed by atoms with Crippen LogP contribution in [0, 0.1) is 12.8 Å². The predicted octanol–water partition coefficient (Wildman–Crippen LogP) is 3.02. The molecule has 1 aromatic carbocycles. The lowest BCUT2D eigenvalue weighted by molar-refractivity contribution is -0.125. The Morgan fingerprint density at radius 1 is 1.38 bits per heavy atom. The van der Waals surface area contributed by atoms with Crippen molar-refractivity contribution in [3.63, 3.8) is 0 Å². The Morgan fingerprint density at radius 3 is 2.67 bits per heavy atom. The molecule has 1 aliphatic rings. The maximum atomic E-state index is 12.2. The van der Waals surface area contributed by atoms with E-state index in [-0.39, 0.29) is 12.4 Å². The zero-order valence-electron chi connectivity index (χ0n) is 14.5. The molecule has 6 heteroatoms. The number of ether oxygens (including phenoxy) is 1. The molecule has 0 heterocycles. The second-order valence-electron chi connectivity index (χ2n) is 6.52. The van der Waals surface area contributed by atoms with Crippen molar-refractivity contribution >= 4 is 24.0 Å². The minimum atomic E-state index is -1.19. The number of nitrogens with one attached hydrogen (secondary N) is 1. The molecular weight excluding hydrogens is 328 g/mol. The highest BCUT2D eigenvalue weighted by molar-refractivity contribution is 5.94. The average Bonchev–Trinajstić information content (AvgIpc) is 2.56. The van der Waals surface area contributed by atoms with Gasteiger partial charge in [0.05, 0.1) is 7.11 Å². The first kappa shape index (κ1) is 20.7. The van der Waals surface area contributed by atoms with Gasteiger partial charge in [0, 0.05) is 17.8 Å². The number of halogens is 1. The van der Waals surface area contributed by atoms with Crippen molar-refractivity contribution in [1.29, 1.82) is 0 Å². The number of rotatable bonds is 6. The summed E-state index contributed by atoms with van der Waals surface area (Å²) in [5.41, 5.74) is 7.63. The van der Waals surface area contributed by atoms with Gasteiger partial charge in [0.1, 0.15) is 11.9 Å². The van der Waals surface area contributed by atoms with Gasteiger partial charge in [-0.05, 0) is 30.9 Å². The molecule has 1 amide bonds. The molecule has 0 saturated heterocycles. The summed E-state index contributed by atoms with van der Waals surface area (Å²) in [6.07, 6.45) is 5.54. The minimum Gasteiger partial charge on any atom is -0.496 e. The van der Waals surface area contributed by atoms with Crippen LogP contribution in [0.2, 0.25) is 0 Å². The summed E-state index contributed by atoms with van der Waals surface area (Å²) in [6, 6.07) is 4.87. The standard InChI is InChI=1S/C18H28N2O3.ClH/c1-12-8-9-14(11-16(12)23-2)20-18(22)17(21)15(19)10-13-6-4-3-5-7-13;/h8-9,11,13,15,17,21H,3-7,10,19H2,1-2H3,(H,20,22);1H/t15-,17?;/m1./s1. The van der Waals surface area contributed by atoms with Crippen LogP contribution in [0.3, 0.4) is 0 Å². The van der Waals surface area contributed by atoms with Crippen LogP contribution in [0.4, 0.5) is 5.69 Å². The van der Waals surface area contributed by atoms with Crippen molar-refractivity contribution in [2.24, 2.45) is 11.7 Å². The Balaban J connectivity index is 0.00000288. The number of methoxy groups -OCH3 is 1. The number of anilines is 1. The van der Waals surface area contributed by atoms with Crippen LogP contribution in [-0.2, 0) is 4.79 Å². The molecular formula is C18H29ClN2O3. The molecule has 1 aliphatic carbocycles. The van der Waals surface area contributed by atoms with Crippen LogP contribution in [0.1, 0.15) is 44.1 Å². The molecule has 2 rings (SSSR count). The summed E-state index contributed by atoms with van der Waals surface area (Å²) in [5, 5.41) is 12.9. The fourth-order valence-corrected chi connectivity index (χ4v) is 3.25. The third-order valence-corrected chi connectivity index (χ3v) is 4.68. The number of benzene rings is 1. The van der Waals surface area contributed by atoms with Crippen LogP contribution < -0.4 is 15.8 Å². The molecule has 0 radical (unpaired) electrons. The van der Waals surface area contributed by atoms with Crippen LogP contribution in [0.15, 0.2) is 18.2 Å². The van der Waals surface area contributed by atoms with Gasteiger partial charge in [-0.1, -0.05) is 38.2 Å². The Kier molecular flexibility index (Phi) is 8.53. The van der Waals surface area contributed by atoms with Gasteiger partial charge in [-0.2, -0.15) is 0 Å². The van der Waals surface area contributed by atoms with Crippen molar-refractivity contribution < 1.29 is 14.6 Å². The Hall–Kier alpha value is -1.30. The molecule has 5 nitrogen and oxygen atoms in total. The SMILES string of the molecule is COc1cc(NC(=O)C(O)[C@H](N)CC2CCCCC2)ccc1C.Cl. The summed E-state index contributed by atoms with van der Waals surface area (Å²) in [7, 11) is 1.59. The molecule has 1 aromatic rings. The monoisotopic (exact) mass is 356 g/mol. The van der Waals surface area contributed by atoms with Gasteiger partial charge in [0.15, 0.2) is 0 Å². The molecule has 4 N–H and O–H groups in total. The number of carbonyl (C=O) groups is 1. The minimum absolute atomic E-state index is 0. The molecule has 1 fully saturated rings. The Labute approximate surface area is 150 Å². The highest BCUT2D eigenvalue weighted by atomic mass is 35.5. The van der Waals surface area contributed by atoms with Crippen molar-refractivity contribution in [1.82, 2.24) is 0 Å². The smallest absolute Gasteiger partial charge is 0.254 e. The Bertz CT molecular complexity index is 533. The molecule has 1 saturated carbocycles. The lowest BCUT2D eigenvalue weighted by Gasteiger charge is -2.26. The van der Waals surface area contributed by atoms with E-state index in [1.54, 1.807) is 19.2 Å². The lowest BCUT2D eigenvalue weighted by atomic mass is 9.84. The molecule has 24 heavy (non-hydrogen) atoms. The first-order chi connectivity index (χ1) is 11.0. The third-order valence-electron chi connectivity index (χ3n) is 4.68. The quantitative estimate of drug-likeness (QED) is 0.731. The zero-order valence-corrected chi connectivity index (χ0v) is 15.3. The third kappa shape index (κ3) is 5.65. The number of amides is 1. The van der Waals surface area contributed by atoms with Crippen LogP contribution in [-0.4, -0.2) is 30.3 Å². The summed E-state index contributed by atoms with van der Waals surface area (Å²) in [6.45, 7) is 1.93. The van der Waals surface area contributed by atoms with E-state index in [4.69, 9.17) is 10.5 Å². The van der Waals surface area contributed by atoms with Crippen molar-refractivity contribution in [2.75, 3.05) is 12.4 Å². The van der Waals surface area contributed by atoms with Crippen LogP contribution >= 0.6 is 12.4 Å². The number of nitrogens with two attached hydrogens (primary N) is 1. The van der Waals surface area contributed by atoms with E-state index in [2.05, 4.69) is 5.32 Å². The number of aryl methyl sites for hydroxylation is 1. The van der Waals surface area contributed by atoms with Gasteiger partial charge in [-0.3, -0.25) is 4.79 Å². The highest BCUT2D eigenvalue weighted by Crippen LogP contribution is 2.28. The van der Waals surface area contributed by atoms with E-state index in [9.17, 15) is 9.90 Å². The molecule has 0 bridgehead atoms. The van der Waals surface area contributed by atoms with Gasteiger partial charge in [-0.15, -0.1) is 12.4 Å². The number of aliphatic hydroxyl groups excluding tert-OH is 1. The first-order valence-corrected chi connectivity index (χ1v) is 8.40. The molecule has 1 unspecified atom stereocenters. The van der Waals surface area contributed by atoms with E-state index >= 15 is 0 Å². The summed E-state index contributed by atoms with van der Waals surface area (Å²) in [4.78, 5) is 12.2. The fraction of sp³-hybridized carbons (Fsp3) is 0.611. The predicted molar refractivity (Wildman–Crippen MR) is 98.8 cm³/mol. The van der Waals surface area contributed by atoms with Crippen molar-refractivity contribution in [3.8, 4) is 5.75 Å². The number of carbonyl (C=O) groups excluding carboxylic acids is 1. The largest absolute Gasteiger partial charge is 0.496 e. The molecule has 136 valence electrons. The molecule has 0 aliphatic heterocycles. The van der Waals surface area contributed by atoms with E-state index in [0.717, 1.165) is 18.4 Å². The maximum absolute atomic E-state index is 12.2. The first-order valence-electron chi connectivity index (χ1n) is 8.40. The molecule has 0 aromatic heterocycles. The topological polar surface area (TPSA) is 84.6 Å². The van der Waals surface area contributed by atoms with E-state index < -0.39 is 18.1 Å². The summed E-state index contributed by atoms with van der Waals surface area (Å²) in [5.74, 6) is 0.767. The van der Waals surface area contributed by atoms with Crippen LogP contribution in [0.25, 0.3) is 0 Å². The number of hydrogen-bond donors (Lipinski definition) is 3. The second kappa shape index (κ2) is 9.87. The normalized spacial score (nSPS) is 17.5. The molecule has 0 spiro atoms. The number of aliphatic hydroxyl groups is 1. The lowest BCUT2D eigenvalue weighted by Crippen LogP contribution is -2.44. The van der Waals surface area contributed by atoms with E-state index in [1.807, 2.05) is 13.0 Å². The van der Waals surface area contributed by atoms with Gasteiger partial charge >= 0.3 is 0 Å².